The fraction of sp³-hybridized carbons (Fsp3) is 0.500. The summed E-state index contributed by atoms with van der Waals surface area (Å²) in [7, 11) is 0. The van der Waals surface area contributed by atoms with E-state index in [1.807, 2.05) is 0 Å². The zero-order valence-electron chi connectivity index (χ0n) is 11.4. The Labute approximate surface area is 127 Å². The van der Waals surface area contributed by atoms with Crippen LogP contribution in [0.5, 0.6) is 0 Å². The summed E-state index contributed by atoms with van der Waals surface area (Å²) in [6, 6.07) is 3.81. The highest BCUT2D eigenvalue weighted by Crippen LogP contribution is 2.24. The Balaban J connectivity index is 1.98. The molecule has 1 aromatic carbocycles. The minimum atomic E-state index is -0.583. The number of hydrogen-bond acceptors (Lipinski definition) is 4. The van der Waals surface area contributed by atoms with Gasteiger partial charge in [-0.05, 0) is 31.2 Å². The lowest BCUT2D eigenvalue weighted by molar-refractivity contribution is -0.384. The molecule has 0 saturated heterocycles. The van der Waals surface area contributed by atoms with Crippen LogP contribution in [-0.4, -0.2) is 28.6 Å². The summed E-state index contributed by atoms with van der Waals surface area (Å²) in [5, 5.41) is 23.3. The van der Waals surface area contributed by atoms with Gasteiger partial charge in [0.25, 0.3) is 11.6 Å². The number of nitrogens with one attached hydrogen (secondary N) is 1. The molecule has 7 heteroatoms. The maximum Gasteiger partial charge on any atom is 0.271 e. The van der Waals surface area contributed by atoms with E-state index in [2.05, 4.69) is 5.32 Å². The van der Waals surface area contributed by atoms with Gasteiger partial charge >= 0.3 is 0 Å². The first kappa shape index (κ1) is 15.7. The maximum absolute atomic E-state index is 12.0. The second-order valence-corrected chi connectivity index (χ2v) is 5.79. The number of rotatable bonds is 4. The lowest BCUT2D eigenvalue weighted by Crippen LogP contribution is -2.33. The van der Waals surface area contributed by atoms with Gasteiger partial charge in [-0.1, -0.05) is 18.0 Å². The highest BCUT2D eigenvalue weighted by Gasteiger charge is 2.21. The van der Waals surface area contributed by atoms with E-state index >= 15 is 0 Å². The second-order valence-electron chi connectivity index (χ2n) is 5.35. The molecule has 1 aliphatic carbocycles. The normalized spacial score (nSPS) is 21.8. The highest BCUT2D eigenvalue weighted by molar-refractivity contribution is 6.31. The highest BCUT2D eigenvalue weighted by atomic mass is 35.5. The Bertz CT molecular complexity index is 550. The lowest BCUT2D eigenvalue weighted by atomic mass is 9.87. The first-order valence-electron chi connectivity index (χ1n) is 6.87. The third-order valence-corrected chi connectivity index (χ3v) is 3.88. The van der Waals surface area contributed by atoms with Crippen LogP contribution in [0.25, 0.3) is 0 Å². The van der Waals surface area contributed by atoms with Crippen molar-refractivity contribution in [2.45, 2.75) is 31.8 Å². The number of nitrogens with zero attached hydrogens (tertiary/aromatic N) is 1. The molecule has 0 bridgehead atoms. The van der Waals surface area contributed by atoms with Crippen molar-refractivity contribution in [2.24, 2.45) is 5.92 Å². The monoisotopic (exact) mass is 312 g/mol. The van der Waals surface area contributed by atoms with Gasteiger partial charge in [0.05, 0.1) is 11.0 Å². The van der Waals surface area contributed by atoms with E-state index in [0.717, 1.165) is 19.3 Å². The summed E-state index contributed by atoms with van der Waals surface area (Å²) >= 11 is 5.79. The van der Waals surface area contributed by atoms with Gasteiger partial charge in [-0.2, -0.15) is 0 Å². The quantitative estimate of drug-likeness (QED) is 0.660. The van der Waals surface area contributed by atoms with Gasteiger partial charge in [0, 0.05) is 29.3 Å². The number of aliphatic hydroxyl groups excluding tert-OH is 1. The standard InChI is InChI=1S/C14H17ClN2O4/c15-11-5-10(6-12(7-11)17(20)21)14(19)16-8-9-2-1-3-13(18)4-9/h5-7,9,13,18H,1-4,8H2,(H,16,19). The molecule has 0 spiro atoms. The molecular weight excluding hydrogens is 296 g/mol. The molecule has 0 radical (unpaired) electrons. The SMILES string of the molecule is O=C(NCC1CCCC(O)C1)c1cc(Cl)cc([N+](=O)[O-])c1. The third-order valence-electron chi connectivity index (χ3n) is 3.66. The average Bonchev–Trinajstić information content (AvgIpc) is 2.44. The molecule has 2 N–H and O–H groups in total. The Morgan fingerprint density at radius 3 is 2.86 bits per heavy atom. The predicted molar refractivity (Wildman–Crippen MR) is 78.4 cm³/mol. The molecule has 1 aliphatic rings. The maximum atomic E-state index is 12.0. The zero-order valence-corrected chi connectivity index (χ0v) is 12.2. The van der Waals surface area contributed by atoms with Crippen molar-refractivity contribution >= 4 is 23.2 Å². The second kappa shape index (κ2) is 6.87. The number of amides is 1. The van der Waals surface area contributed by atoms with Gasteiger partial charge in [0.1, 0.15) is 0 Å². The molecule has 1 saturated carbocycles. The van der Waals surface area contributed by atoms with Crippen LogP contribution in [0.4, 0.5) is 5.69 Å². The van der Waals surface area contributed by atoms with E-state index in [-0.39, 0.29) is 34.2 Å². The van der Waals surface area contributed by atoms with Crippen molar-refractivity contribution in [1.82, 2.24) is 5.32 Å². The summed E-state index contributed by atoms with van der Waals surface area (Å²) in [5.41, 5.74) is -0.0358. The largest absolute Gasteiger partial charge is 0.393 e. The Morgan fingerprint density at radius 2 is 2.19 bits per heavy atom. The minimum absolute atomic E-state index is 0.155. The summed E-state index contributed by atoms with van der Waals surface area (Å²) in [6.45, 7) is 0.455. The number of non-ortho nitro benzene ring substituents is 1. The number of nitro benzene ring substituents is 1. The Morgan fingerprint density at radius 1 is 1.43 bits per heavy atom. The minimum Gasteiger partial charge on any atom is -0.393 e. The van der Waals surface area contributed by atoms with Gasteiger partial charge in [0.15, 0.2) is 0 Å². The van der Waals surface area contributed by atoms with Crippen LogP contribution >= 0.6 is 11.6 Å². The van der Waals surface area contributed by atoms with Crippen LogP contribution in [0.1, 0.15) is 36.0 Å². The predicted octanol–water partition coefficient (Wildman–Crippen LogP) is 2.53. The van der Waals surface area contributed by atoms with Crippen molar-refractivity contribution < 1.29 is 14.8 Å². The first-order valence-corrected chi connectivity index (χ1v) is 7.24. The van der Waals surface area contributed by atoms with Gasteiger partial charge in [-0.3, -0.25) is 14.9 Å². The molecule has 1 aromatic rings. The molecule has 0 heterocycles. The van der Waals surface area contributed by atoms with Crippen molar-refractivity contribution in [3.05, 3.63) is 38.9 Å². The third kappa shape index (κ3) is 4.41. The van der Waals surface area contributed by atoms with E-state index < -0.39 is 4.92 Å². The summed E-state index contributed by atoms with van der Waals surface area (Å²) < 4.78 is 0. The van der Waals surface area contributed by atoms with E-state index in [0.29, 0.717) is 13.0 Å². The number of halogens is 1. The van der Waals surface area contributed by atoms with Gasteiger partial charge in [-0.15, -0.1) is 0 Å². The number of benzene rings is 1. The molecule has 114 valence electrons. The molecule has 0 aliphatic heterocycles. The van der Waals surface area contributed by atoms with E-state index in [1.54, 1.807) is 0 Å². The van der Waals surface area contributed by atoms with Crippen LogP contribution in [-0.2, 0) is 0 Å². The van der Waals surface area contributed by atoms with Crippen LogP contribution < -0.4 is 5.32 Å². The smallest absolute Gasteiger partial charge is 0.271 e. The van der Waals surface area contributed by atoms with Crippen molar-refractivity contribution in [3.63, 3.8) is 0 Å². The number of aliphatic hydroxyl groups is 1. The zero-order chi connectivity index (χ0) is 15.4. The molecule has 21 heavy (non-hydrogen) atoms. The van der Waals surface area contributed by atoms with Crippen LogP contribution in [0.15, 0.2) is 18.2 Å². The van der Waals surface area contributed by atoms with Gasteiger partial charge in [0.2, 0.25) is 0 Å². The van der Waals surface area contributed by atoms with Crippen LogP contribution in [0.2, 0.25) is 5.02 Å². The van der Waals surface area contributed by atoms with E-state index in [4.69, 9.17) is 11.6 Å². The average molecular weight is 313 g/mol. The van der Waals surface area contributed by atoms with E-state index in [1.165, 1.54) is 18.2 Å². The van der Waals surface area contributed by atoms with Gasteiger partial charge in [-0.25, -0.2) is 0 Å². The lowest BCUT2D eigenvalue weighted by Gasteiger charge is -2.25. The summed E-state index contributed by atoms with van der Waals surface area (Å²) in [6.07, 6.45) is 3.10. The van der Waals surface area contributed by atoms with Crippen molar-refractivity contribution in [2.75, 3.05) is 6.54 Å². The summed E-state index contributed by atoms with van der Waals surface area (Å²) in [5.74, 6) is -0.146. The molecule has 2 rings (SSSR count). The molecule has 6 nitrogen and oxygen atoms in total. The van der Waals surface area contributed by atoms with Crippen molar-refractivity contribution in [1.29, 1.82) is 0 Å². The number of carbonyl (C=O) groups is 1. The number of carbonyl (C=O) groups excluding carboxylic acids is 1. The van der Waals surface area contributed by atoms with Gasteiger partial charge < -0.3 is 10.4 Å². The van der Waals surface area contributed by atoms with E-state index in [9.17, 15) is 20.0 Å². The summed E-state index contributed by atoms with van der Waals surface area (Å²) in [4.78, 5) is 22.2. The molecular formula is C14H17ClN2O4. The topological polar surface area (TPSA) is 92.5 Å². The molecule has 2 unspecified atom stereocenters. The van der Waals surface area contributed by atoms with Crippen LogP contribution in [0, 0.1) is 16.0 Å². The molecule has 0 aromatic heterocycles. The Hall–Kier alpha value is -1.66. The Kier molecular flexibility index (Phi) is 5.14. The van der Waals surface area contributed by atoms with Crippen molar-refractivity contribution in [3.8, 4) is 0 Å². The number of hydrogen-bond donors (Lipinski definition) is 2. The first-order chi connectivity index (χ1) is 9.95. The molecule has 2 atom stereocenters. The molecule has 1 amide bonds. The van der Waals surface area contributed by atoms with Crippen LogP contribution in [0.3, 0.4) is 0 Å². The fourth-order valence-corrected chi connectivity index (χ4v) is 2.83. The number of nitro groups is 1. The fourth-order valence-electron chi connectivity index (χ4n) is 2.60. The molecule has 1 fully saturated rings.